The van der Waals surface area contributed by atoms with E-state index in [1.54, 1.807) is 5.57 Å². The maximum absolute atomic E-state index is 6.31. The van der Waals surface area contributed by atoms with Crippen LogP contribution in [-0.4, -0.2) is 18.5 Å². The van der Waals surface area contributed by atoms with E-state index >= 15 is 0 Å². The molecule has 4 aliphatic rings. The van der Waals surface area contributed by atoms with Crippen molar-refractivity contribution in [3.63, 3.8) is 0 Å². The van der Waals surface area contributed by atoms with Crippen molar-refractivity contribution >= 4 is 0 Å². The van der Waals surface area contributed by atoms with Crippen molar-refractivity contribution in [2.24, 2.45) is 28.1 Å². The lowest BCUT2D eigenvalue weighted by Gasteiger charge is -2.63. The molecule has 0 radical (unpaired) electrons. The Bertz CT molecular complexity index is 566. The van der Waals surface area contributed by atoms with Crippen LogP contribution >= 0.6 is 0 Å². The Morgan fingerprint density at radius 2 is 1.76 bits per heavy atom. The molecule has 4 rings (SSSR count). The van der Waals surface area contributed by atoms with Gasteiger partial charge in [0.05, 0.1) is 12.7 Å². The molecule has 0 spiro atoms. The summed E-state index contributed by atoms with van der Waals surface area (Å²) in [5, 5.41) is 0. The Kier molecular flexibility index (Phi) is 4.03. The van der Waals surface area contributed by atoms with Gasteiger partial charge in [-0.15, -0.1) is 0 Å². The molecule has 0 bridgehead atoms. The van der Waals surface area contributed by atoms with Crippen LogP contribution in [0.4, 0.5) is 0 Å². The van der Waals surface area contributed by atoms with Crippen LogP contribution in [0.25, 0.3) is 0 Å². The molecule has 2 heteroatoms. The predicted molar refractivity (Wildman–Crippen MR) is 102 cm³/mol. The van der Waals surface area contributed by atoms with Gasteiger partial charge in [0.1, 0.15) is 0 Å². The summed E-state index contributed by atoms with van der Waals surface area (Å²) in [7, 11) is 0. The molecule has 1 heterocycles. The average molecular weight is 347 g/mol. The number of allylic oxidation sites excluding steroid dienone is 1. The monoisotopic (exact) mass is 346 g/mol. The third-order valence-corrected chi connectivity index (χ3v) is 9.02. The first-order valence-electron chi connectivity index (χ1n) is 10.6. The van der Waals surface area contributed by atoms with Crippen molar-refractivity contribution in [1.29, 1.82) is 0 Å². The number of hydrogen-bond donors (Lipinski definition) is 0. The standard InChI is InChI=1S/C23H38O2/c1-16-8-7-9-18-22(16,5)11-10-17-14-21(4,12-13-23(17,18)6)19-15-24-20(2,3)25-19/h17-19H,1,7-15H2,2-6H3/t17-,18-,19-,21-,22-,23-/m0/s1. The van der Waals surface area contributed by atoms with Crippen molar-refractivity contribution in [3.8, 4) is 0 Å². The van der Waals surface area contributed by atoms with Gasteiger partial charge >= 0.3 is 0 Å². The quantitative estimate of drug-likeness (QED) is 0.533. The van der Waals surface area contributed by atoms with Gasteiger partial charge < -0.3 is 9.47 Å². The minimum atomic E-state index is -0.402. The smallest absolute Gasteiger partial charge is 0.163 e. The van der Waals surface area contributed by atoms with Crippen LogP contribution in [0, 0.1) is 28.1 Å². The Morgan fingerprint density at radius 1 is 1.00 bits per heavy atom. The maximum atomic E-state index is 6.31. The van der Waals surface area contributed by atoms with Crippen molar-refractivity contribution in [2.75, 3.05) is 6.61 Å². The molecule has 3 saturated carbocycles. The topological polar surface area (TPSA) is 18.5 Å². The summed E-state index contributed by atoms with van der Waals surface area (Å²) in [6.07, 6.45) is 10.9. The molecule has 2 nitrogen and oxygen atoms in total. The van der Waals surface area contributed by atoms with E-state index in [2.05, 4.69) is 41.2 Å². The maximum Gasteiger partial charge on any atom is 0.163 e. The zero-order chi connectivity index (χ0) is 18.1. The van der Waals surface area contributed by atoms with E-state index in [-0.39, 0.29) is 11.5 Å². The molecule has 0 unspecified atom stereocenters. The van der Waals surface area contributed by atoms with E-state index in [1.807, 2.05) is 0 Å². The van der Waals surface area contributed by atoms with Gasteiger partial charge in [-0.3, -0.25) is 0 Å². The van der Waals surface area contributed by atoms with Gasteiger partial charge in [-0.1, -0.05) is 32.9 Å². The lowest BCUT2D eigenvalue weighted by Crippen LogP contribution is -2.55. The number of rotatable bonds is 1. The summed E-state index contributed by atoms with van der Waals surface area (Å²) in [6.45, 7) is 17.0. The summed E-state index contributed by atoms with van der Waals surface area (Å²) in [5.74, 6) is 1.27. The van der Waals surface area contributed by atoms with Gasteiger partial charge in [0, 0.05) is 0 Å². The SMILES string of the molecule is C=C1CCC[C@@H]2[C@@]3(C)CC[C@](C)([C@@H]4COC(C)(C)O4)C[C@@H]3CC[C@@]12C. The van der Waals surface area contributed by atoms with E-state index in [1.165, 1.54) is 51.4 Å². The molecule has 142 valence electrons. The summed E-state index contributed by atoms with van der Waals surface area (Å²) in [5.41, 5.74) is 2.71. The average Bonchev–Trinajstić information content (AvgIpc) is 2.91. The first-order chi connectivity index (χ1) is 11.6. The van der Waals surface area contributed by atoms with E-state index in [9.17, 15) is 0 Å². The third-order valence-electron chi connectivity index (χ3n) is 9.02. The Hall–Kier alpha value is -0.340. The molecule has 6 atom stereocenters. The zero-order valence-electron chi connectivity index (χ0n) is 17.1. The first-order valence-corrected chi connectivity index (χ1v) is 10.6. The van der Waals surface area contributed by atoms with Crippen molar-refractivity contribution in [3.05, 3.63) is 12.2 Å². The molecular formula is C23H38O2. The summed E-state index contributed by atoms with van der Waals surface area (Å²) < 4.78 is 12.2. The molecular weight excluding hydrogens is 308 g/mol. The fraction of sp³-hybridized carbons (Fsp3) is 0.913. The second-order valence-electron chi connectivity index (χ2n) is 10.9. The van der Waals surface area contributed by atoms with Crippen molar-refractivity contribution < 1.29 is 9.47 Å². The van der Waals surface area contributed by atoms with Crippen LogP contribution < -0.4 is 0 Å². The molecule has 1 aliphatic heterocycles. The lowest BCUT2D eigenvalue weighted by atomic mass is 9.42. The van der Waals surface area contributed by atoms with Crippen molar-refractivity contribution in [1.82, 2.24) is 0 Å². The number of ether oxygens (including phenoxy) is 2. The van der Waals surface area contributed by atoms with Gasteiger partial charge in [-0.25, -0.2) is 0 Å². The Labute approximate surface area is 154 Å². The summed E-state index contributed by atoms with van der Waals surface area (Å²) >= 11 is 0. The zero-order valence-corrected chi connectivity index (χ0v) is 17.1. The molecule has 4 fully saturated rings. The van der Waals surface area contributed by atoms with Crippen LogP contribution in [0.3, 0.4) is 0 Å². The van der Waals surface area contributed by atoms with Crippen LogP contribution in [0.1, 0.15) is 86.0 Å². The number of hydrogen-bond acceptors (Lipinski definition) is 2. The molecule has 0 aromatic heterocycles. The summed E-state index contributed by atoms with van der Waals surface area (Å²) in [6, 6.07) is 0. The molecule has 25 heavy (non-hydrogen) atoms. The predicted octanol–water partition coefficient (Wildman–Crippen LogP) is 6.11. The van der Waals surface area contributed by atoms with Gasteiger partial charge in [-0.2, -0.15) is 0 Å². The van der Waals surface area contributed by atoms with Crippen LogP contribution in [0.2, 0.25) is 0 Å². The van der Waals surface area contributed by atoms with E-state index < -0.39 is 5.79 Å². The van der Waals surface area contributed by atoms with E-state index in [0.29, 0.717) is 10.8 Å². The van der Waals surface area contributed by atoms with Crippen LogP contribution in [0.5, 0.6) is 0 Å². The lowest BCUT2D eigenvalue weighted by molar-refractivity contribution is -0.172. The highest BCUT2D eigenvalue weighted by Crippen LogP contribution is 2.67. The highest BCUT2D eigenvalue weighted by Gasteiger charge is 2.59. The van der Waals surface area contributed by atoms with Gasteiger partial charge in [0.25, 0.3) is 0 Å². The minimum absolute atomic E-state index is 0.265. The molecule has 0 aromatic carbocycles. The fourth-order valence-electron chi connectivity index (χ4n) is 7.12. The highest BCUT2D eigenvalue weighted by molar-refractivity contribution is 5.20. The van der Waals surface area contributed by atoms with Gasteiger partial charge in [-0.05, 0) is 93.3 Å². The molecule has 0 N–H and O–H groups in total. The normalized spacial score (nSPS) is 52.5. The minimum Gasteiger partial charge on any atom is -0.348 e. The highest BCUT2D eigenvalue weighted by atomic mass is 16.7. The van der Waals surface area contributed by atoms with E-state index in [4.69, 9.17) is 9.47 Å². The third kappa shape index (κ3) is 2.65. The second-order valence-corrected chi connectivity index (χ2v) is 10.9. The summed E-state index contributed by atoms with van der Waals surface area (Å²) in [4.78, 5) is 0. The Balaban J connectivity index is 1.56. The molecule has 0 aromatic rings. The van der Waals surface area contributed by atoms with Crippen molar-refractivity contribution in [2.45, 2.75) is 97.9 Å². The van der Waals surface area contributed by atoms with E-state index in [0.717, 1.165) is 18.4 Å². The van der Waals surface area contributed by atoms with Crippen LogP contribution in [0.15, 0.2) is 12.2 Å². The fourth-order valence-corrected chi connectivity index (χ4v) is 7.12. The Morgan fingerprint density at radius 3 is 2.44 bits per heavy atom. The molecule has 3 aliphatic carbocycles. The van der Waals surface area contributed by atoms with Gasteiger partial charge in [0.15, 0.2) is 5.79 Å². The largest absolute Gasteiger partial charge is 0.348 e. The second kappa shape index (κ2) is 5.58. The van der Waals surface area contributed by atoms with Crippen LogP contribution in [-0.2, 0) is 9.47 Å². The molecule has 0 amide bonds. The van der Waals surface area contributed by atoms with Gasteiger partial charge in [0.2, 0.25) is 0 Å². The first kappa shape index (κ1) is 18.0. The molecule has 1 saturated heterocycles. The number of fused-ring (bicyclic) bond motifs is 3.